The van der Waals surface area contributed by atoms with Gasteiger partial charge in [-0.25, -0.2) is 0 Å². The molecule has 0 saturated carbocycles. The number of piperazine rings is 1. The zero-order chi connectivity index (χ0) is 15.9. The molecule has 2 N–H and O–H groups in total. The number of benzene rings is 1. The standard InChI is InChI=1S/C14H17BF3N3O/c1-15(22)21-7-5-20(6-8-21)12-4-2-3-11-10(12)9-13(19-11)14(16,17)18/h2-4,9,19,22H,5-8H2,1H3. The summed E-state index contributed by atoms with van der Waals surface area (Å²) in [6.07, 6.45) is -4.37. The highest BCUT2D eigenvalue weighted by molar-refractivity contribution is 6.45. The first-order chi connectivity index (χ1) is 10.4. The Labute approximate surface area is 126 Å². The smallest absolute Gasteiger partial charge is 0.431 e. The number of anilines is 1. The Bertz CT molecular complexity index is 663. The van der Waals surface area contributed by atoms with Crippen LogP contribution in [-0.4, -0.2) is 48.0 Å². The van der Waals surface area contributed by atoms with Gasteiger partial charge in [0.1, 0.15) is 5.69 Å². The van der Waals surface area contributed by atoms with Crippen molar-refractivity contribution in [2.45, 2.75) is 13.0 Å². The minimum atomic E-state index is -4.37. The van der Waals surface area contributed by atoms with Gasteiger partial charge in [0.2, 0.25) is 0 Å². The van der Waals surface area contributed by atoms with Crippen LogP contribution in [0.4, 0.5) is 18.9 Å². The fourth-order valence-electron chi connectivity index (χ4n) is 2.90. The lowest BCUT2D eigenvalue weighted by Crippen LogP contribution is -2.51. The molecule has 0 atom stereocenters. The first kappa shape index (κ1) is 15.2. The maximum absolute atomic E-state index is 12.9. The van der Waals surface area contributed by atoms with Crippen LogP contribution in [0.3, 0.4) is 0 Å². The van der Waals surface area contributed by atoms with E-state index in [-0.39, 0.29) is 0 Å². The van der Waals surface area contributed by atoms with Crippen molar-refractivity contribution in [2.24, 2.45) is 0 Å². The molecule has 1 saturated heterocycles. The number of nitrogens with one attached hydrogen (secondary N) is 1. The van der Waals surface area contributed by atoms with Crippen LogP contribution in [0.5, 0.6) is 0 Å². The van der Waals surface area contributed by atoms with Crippen molar-refractivity contribution >= 4 is 23.6 Å². The quantitative estimate of drug-likeness (QED) is 0.837. The van der Waals surface area contributed by atoms with E-state index in [1.54, 1.807) is 19.0 Å². The Kier molecular flexibility index (Phi) is 3.82. The van der Waals surface area contributed by atoms with Gasteiger partial charge < -0.3 is 19.7 Å². The van der Waals surface area contributed by atoms with E-state index in [1.807, 2.05) is 10.9 Å². The van der Waals surface area contributed by atoms with E-state index in [2.05, 4.69) is 9.88 Å². The molecule has 1 fully saturated rings. The van der Waals surface area contributed by atoms with E-state index in [1.165, 1.54) is 6.07 Å². The summed E-state index contributed by atoms with van der Waals surface area (Å²) in [6, 6.07) is 6.43. The average Bonchev–Trinajstić information content (AvgIpc) is 2.91. The number of aromatic nitrogens is 1. The number of nitrogens with zero attached hydrogens (tertiary/aromatic N) is 2. The van der Waals surface area contributed by atoms with E-state index >= 15 is 0 Å². The van der Waals surface area contributed by atoms with Crippen LogP contribution in [-0.2, 0) is 6.18 Å². The van der Waals surface area contributed by atoms with E-state index < -0.39 is 18.9 Å². The summed E-state index contributed by atoms with van der Waals surface area (Å²) >= 11 is 0. The predicted octanol–water partition coefficient (Wildman–Crippen LogP) is 2.42. The van der Waals surface area contributed by atoms with Gasteiger partial charge in [-0.3, -0.25) is 0 Å². The van der Waals surface area contributed by atoms with Gasteiger partial charge in [0.25, 0.3) is 0 Å². The van der Waals surface area contributed by atoms with Gasteiger partial charge >= 0.3 is 13.2 Å². The van der Waals surface area contributed by atoms with Crippen molar-refractivity contribution in [3.8, 4) is 0 Å². The van der Waals surface area contributed by atoms with Crippen LogP contribution in [0.25, 0.3) is 10.9 Å². The molecule has 4 nitrogen and oxygen atoms in total. The number of hydrogen-bond donors (Lipinski definition) is 2. The summed E-state index contributed by atoms with van der Waals surface area (Å²) in [5.41, 5.74) is 0.565. The van der Waals surface area contributed by atoms with Crippen molar-refractivity contribution in [3.63, 3.8) is 0 Å². The molecule has 2 aromatic rings. The van der Waals surface area contributed by atoms with Crippen molar-refractivity contribution in [1.29, 1.82) is 0 Å². The molecule has 1 aliphatic rings. The van der Waals surface area contributed by atoms with Gasteiger partial charge in [0, 0.05) is 42.8 Å². The Hall–Kier alpha value is -1.67. The molecule has 1 aromatic carbocycles. The first-order valence-electron chi connectivity index (χ1n) is 7.22. The number of hydrogen-bond acceptors (Lipinski definition) is 3. The van der Waals surface area contributed by atoms with Crippen LogP contribution in [0.15, 0.2) is 24.3 Å². The highest BCUT2D eigenvalue weighted by atomic mass is 19.4. The monoisotopic (exact) mass is 311 g/mol. The van der Waals surface area contributed by atoms with Gasteiger partial charge in [0.05, 0.1) is 0 Å². The van der Waals surface area contributed by atoms with Crippen LogP contribution in [0, 0.1) is 0 Å². The topological polar surface area (TPSA) is 42.5 Å². The predicted molar refractivity (Wildman–Crippen MR) is 80.9 cm³/mol. The molecule has 0 bridgehead atoms. The summed E-state index contributed by atoms with van der Waals surface area (Å²) in [6.45, 7) is 4.44. The van der Waals surface area contributed by atoms with Gasteiger partial charge in [-0.2, -0.15) is 13.2 Å². The molecule has 3 rings (SSSR count). The molecule has 2 heterocycles. The number of rotatable bonds is 2. The van der Waals surface area contributed by atoms with Crippen LogP contribution >= 0.6 is 0 Å². The summed E-state index contributed by atoms with van der Waals surface area (Å²) in [5, 5.41) is 10.2. The Balaban J connectivity index is 1.90. The fraction of sp³-hybridized carbons (Fsp3) is 0.429. The number of aromatic amines is 1. The SMILES string of the molecule is CB(O)N1CCN(c2cccc3[nH]c(C(F)(F)F)cc23)CC1. The second-order valence-electron chi connectivity index (χ2n) is 5.57. The fourth-order valence-corrected chi connectivity index (χ4v) is 2.90. The Morgan fingerprint density at radius 3 is 2.45 bits per heavy atom. The van der Waals surface area contributed by atoms with Gasteiger partial charge in [-0.15, -0.1) is 0 Å². The minimum Gasteiger partial charge on any atom is -0.437 e. The summed E-state index contributed by atoms with van der Waals surface area (Å²) < 4.78 is 38.6. The molecular weight excluding hydrogens is 294 g/mol. The van der Waals surface area contributed by atoms with Crippen LogP contribution in [0.2, 0.25) is 6.82 Å². The van der Waals surface area contributed by atoms with E-state index in [0.29, 0.717) is 37.1 Å². The van der Waals surface area contributed by atoms with Gasteiger partial charge in [-0.05, 0) is 25.0 Å². The molecule has 22 heavy (non-hydrogen) atoms. The molecular formula is C14H17BF3N3O. The molecule has 0 amide bonds. The second-order valence-corrected chi connectivity index (χ2v) is 5.57. The van der Waals surface area contributed by atoms with Crippen LogP contribution < -0.4 is 4.90 Å². The highest BCUT2D eigenvalue weighted by Gasteiger charge is 2.33. The summed E-state index contributed by atoms with van der Waals surface area (Å²) in [5.74, 6) is 0. The molecule has 0 unspecified atom stereocenters. The van der Waals surface area contributed by atoms with E-state index in [4.69, 9.17) is 0 Å². The van der Waals surface area contributed by atoms with Crippen molar-refractivity contribution in [1.82, 2.24) is 9.79 Å². The largest absolute Gasteiger partial charge is 0.437 e. The van der Waals surface area contributed by atoms with Crippen molar-refractivity contribution in [3.05, 3.63) is 30.0 Å². The number of halogens is 3. The normalized spacial score (nSPS) is 17.2. The maximum Gasteiger partial charge on any atom is 0.431 e. The molecule has 0 aliphatic carbocycles. The summed E-state index contributed by atoms with van der Waals surface area (Å²) in [4.78, 5) is 6.44. The van der Waals surface area contributed by atoms with Gasteiger partial charge in [0.15, 0.2) is 0 Å². The number of H-pyrrole nitrogens is 1. The number of fused-ring (bicyclic) bond motifs is 1. The van der Waals surface area contributed by atoms with E-state index in [9.17, 15) is 18.2 Å². The van der Waals surface area contributed by atoms with Gasteiger partial charge in [-0.1, -0.05) is 6.07 Å². The van der Waals surface area contributed by atoms with E-state index in [0.717, 1.165) is 5.69 Å². The third kappa shape index (κ3) is 2.80. The lowest BCUT2D eigenvalue weighted by Gasteiger charge is -2.37. The molecule has 0 spiro atoms. The lowest BCUT2D eigenvalue weighted by molar-refractivity contribution is -0.140. The number of alkyl halides is 3. The summed E-state index contributed by atoms with van der Waals surface area (Å²) in [7, 11) is -0.498. The van der Waals surface area contributed by atoms with Crippen molar-refractivity contribution < 1.29 is 18.2 Å². The Morgan fingerprint density at radius 1 is 1.18 bits per heavy atom. The molecule has 118 valence electrons. The maximum atomic E-state index is 12.9. The lowest BCUT2D eigenvalue weighted by atomic mass is 9.84. The minimum absolute atomic E-state index is 0.489. The average molecular weight is 311 g/mol. The highest BCUT2D eigenvalue weighted by Crippen LogP contribution is 2.35. The first-order valence-corrected chi connectivity index (χ1v) is 7.22. The molecule has 1 aliphatic heterocycles. The second kappa shape index (κ2) is 5.51. The third-order valence-electron chi connectivity index (χ3n) is 4.13. The van der Waals surface area contributed by atoms with Crippen LogP contribution in [0.1, 0.15) is 5.69 Å². The van der Waals surface area contributed by atoms with Crippen molar-refractivity contribution in [2.75, 3.05) is 31.1 Å². The molecule has 8 heteroatoms. The Morgan fingerprint density at radius 2 is 1.86 bits per heavy atom. The molecule has 1 aromatic heterocycles. The molecule has 0 radical (unpaired) electrons. The zero-order valence-corrected chi connectivity index (χ0v) is 12.2. The third-order valence-corrected chi connectivity index (χ3v) is 4.13. The zero-order valence-electron chi connectivity index (χ0n) is 12.2.